The van der Waals surface area contributed by atoms with Gasteiger partial charge in [0.25, 0.3) is 0 Å². The van der Waals surface area contributed by atoms with Crippen LogP contribution in [0.2, 0.25) is 0 Å². The predicted octanol–water partition coefficient (Wildman–Crippen LogP) is 6.51. The Morgan fingerprint density at radius 3 is 2.53 bits per heavy atom. The van der Waals surface area contributed by atoms with Crippen LogP contribution < -0.4 is 9.47 Å². The molecule has 3 aromatic carbocycles. The molecule has 0 bridgehead atoms. The second-order valence-corrected chi connectivity index (χ2v) is 7.55. The molecule has 0 saturated heterocycles. The van der Waals surface area contributed by atoms with E-state index in [1.165, 1.54) is 13.2 Å². The van der Waals surface area contributed by atoms with Crippen LogP contribution in [0.3, 0.4) is 0 Å². The van der Waals surface area contributed by atoms with Gasteiger partial charge in [0.15, 0.2) is 17.3 Å². The number of hydrogen-bond acceptors (Lipinski definition) is 3. The van der Waals surface area contributed by atoms with Gasteiger partial charge in [0.05, 0.1) is 12.7 Å². The van der Waals surface area contributed by atoms with Crippen molar-refractivity contribution in [2.75, 3.05) is 7.11 Å². The lowest BCUT2D eigenvalue weighted by Crippen LogP contribution is -2.13. The molecular weight excluding hydrogens is 417 g/mol. The first kappa shape index (κ1) is 21.7. The lowest BCUT2D eigenvalue weighted by molar-refractivity contribution is -0.137. The van der Waals surface area contributed by atoms with E-state index >= 15 is 0 Å². The Hall–Kier alpha value is -3.54. The van der Waals surface area contributed by atoms with E-state index in [0.29, 0.717) is 23.5 Å². The third kappa shape index (κ3) is 4.69. The molecule has 0 N–H and O–H groups in total. The van der Waals surface area contributed by atoms with Crippen molar-refractivity contribution in [3.63, 3.8) is 0 Å². The number of ether oxygens (including phenoxy) is 2. The lowest BCUT2D eigenvalue weighted by Gasteiger charge is -2.17. The number of carbonyl (C=O) groups is 1. The Labute approximate surface area is 184 Å². The van der Waals surface area contributed by atoms with Crippen LogP contribution in [-0.2, 0) is 19.2 Å². The molecular formula is C26H21F3O3. The Morgan fingerprint density at radius 2 is 1.75 bits per heavy atom. The summed E-state index contributed by atoms with van der Waals surface area (Å²) in [6, 6.07) is 17.9. The summed E-state index contributed by atoms with van der Waals surface area (Å²) >= 11 is 0. The summed E-state index contributed by atoms with van der Waals surface area (Å²) < 4.78 is 49.8. The van der Waals surface area contributed by atoms with Crippen LogP contribution in [0.5, 0.6) is 11.5 Å². The van der Waals surface area contributed by atoms with Gasteiger partial charge in [-0.25, -0.2) is 0 Å². The van der Waals surface area contributed by atoms with E-state index in [2.05, 4.69) is 0 Å². The average molecular weight is 438 g/mol. The fraction of sp³-hybridized carbons (Fsp3) is 0.192. The number of carbonyl (C=O) groups excluding carboxylic acids is 1. The zero-order valence-electron chi connectivity index (χ0n) is 17.4. The molecule has 0 aromatic heterocycles. The number of methoxy groups -OCH3 is 1. The van der Waals surface area contributed by atoms with Gasteiger partial charge in [-0.2, -0.15) is 13.2 Å². The molecule has 1 aliphatic rings. The first-order valence-corrected chi connectivity index (χ1v) is 10.2. The number of ketones is 1. The largest absolute Gasteiger partial charge is 0.493 e. The number of allylic oxidation sites excluding steroid dienone is 1. The quantitative estimate of drug-likeness (QED) is 0.426. The predicted molar refractivity (Wildman–Crippen MR) is 116 cm³/mol. The van der Waals surface area contributed by atoms with Gasteiger partial charge in [-0.15, -0.1) is 0 Å². The topological polar surface area (TPSA) is 35.5 Å². The summed E-state index contributed by atoms with van der Waals surface area (Å²) in [6.07, 6.45) is -1.09. The first-order chi connectivity index (χ1) is 15.3. The number of Topliss-reactive ketones (excluding diaryl/α,β-unsaturated/α-hetero) is 1. The van der Waals surface area contributed by atoms with Gasteiger partial charge in [0.2, 0.25) is 0 Å². The molecule has 3 aromatic rings. The fourth-order valence-electron chi connectivity index (χ4n) is 3.75. The summed E-state index contributed by atoms with van der Waals surface area (Å²) in [7, 11) is 1.49. The SMILES string of the molecule is COc1cc(C=C2CCc3ccccc3C2=O)ccc1OCc1cccc(C(F)(F)F)c1. The maximum Gasteiger partial charge on any atom is 0.416 e. The Balaban J connectivity index is 1.52. The minimum atomic E-state index is -4.40. The molecule has 0 spiro atoms. The number of aryl methyl sites for hydroxylation is 1. The smallest absolute Gasteiger partial charge is 0.416 e. The molecule has 0 aliphatic heterocycles. The van der Waals surface area contributed by atoms with E-state index in [0.717, 1.165) is 40.8 Å². The molecule has 0 radical (unpaired) electrons. The number of hydrogen-bond donors (Lipinski definition) is 0. The number of fused-ring (bicyclic) bond motifs is 1. The molecule has 0 atom stereocenters. The number of rotatable bonds is 5. The van der Waals surface area contributed by atoms with Gasteiger partial charge in [-0.05, 0) is 59.9 Å². The van der Waals surface area contributed by atoms with E-state index in [1.54, 1.807) is 24.3 Å². The lowest BCUT2D eigenvalue weighted by atomic mass is 9.86. The van der Waals surface area contributed by atoms with Gasteiger partial charge in [-0.3, -0.25) is 4.79 Å². The highest BCUT2D eigenvalue weighted by Gasteiger charge is 2.30. The average Bonchev–Trinajstić information content (AvgIpc) is 2.79. The van der Waals surface area contributed by atoms with Crippen LogP contribution in [0.4, 0.5) is 13.2 Å². The van der Waals surface area contributed by atoms with Crippen LogP contribution in [0.1, 0.15) is 39.0 Å². The minimum absolute atomic E-state index is 0.0238. The monoisotopic (exact) mass is 438 g/mol. The molecule has 1 aliphatic carbocycles. The van der Waals surface area contributed by atoms with Crippen molar-refractivity contribution in [1.82, 2.24) is 0 Å². The standard InChI is InChI=1S/C26H21F3O3/c1-31-24-15-17(13-20-11-10-19-6-2-3-8-22(19)25(20)30)9-12-23(24)32-16-18-5-4-7-21(14-18)26(27,28)29/h2-9,12-15H,10-11,16H2,1H3. The number of alkyl halides is 3. The molecule has 0 saturated carbocycles. The van der Waals surface area contributed by atoms with Crippen LogP contribution in [0.25, 0.3) is 6.08 Å². The highest BCUT2D eigenvalue weighted by atomic mass is 19.4. The zero-order valence-corrected chi connectivity index (χ0v) is 17.4. The van der Waals surface area contributed by atoms with Crippen molar-refractivity contribution in [2.45, 2.75) is 25.6 Å². The Bertz CT molecular complexity index is 1180. The second-order valence-electron chi connectivity index (χ2n) is 7.55. The van der Waals surface area contributed by atoms with E-state index < -0.39 is 11.7 Å². The van der Waals surface area contributed by atoms with Crippen molar-refractivity contribution in [3.05, 3.63) is 100 Å². The number of benzene rings is 3. The van der Waals surface area contributed by atoms with E-state index in [1.807, 2.05) is 30.3 Å². The summed E-state index contributed by atoms with van der Waals surface area (Å²) in [6.45, 7) is -0.0318. The van der Waals surface area contributed by atoms with Crippen molar-refractivity contribution in [1.29, 1.82) is 0 Å². The van der Waals surface area contributed by atoms with Crippen LogP contribution >= 0.6 is 0 Å². The van der Waals surface area contributed by atoms with Gasteiger partial charge in [0, 0.05) is 11.1 Å². The van der Waals surface area contributed by atoms with Crippen molar-refractivity contribution >= 4 is 11.9 Å². The summed E-state index contributed by atoms with van der Waals surface area (Å²) in [5.74, 6) is 0.873. The minimum Gasteiger partial charge on any atom is -0.493 e. The van der Waals surface area contributed by atoms with Crippen molar-refractivity contribution in [2.24, 2.45) is 0 Å². The third-order valence-corrected chi connectivity index (χ3v) is 5.39. The number of halogens is 3. The van der Waals surface area contributed by atoms with Crippen molar-refractivity contribution < 1.29 is 27.4 Å². The van der Waals surface area contributed by atoms with Gasteiger partial charge in [-0.1, -0.05) is 42.5 Å². The maximum absolute atomic E-state index is 12.9. The summed E-state index contributed by atoms with van der Waals surface area (Å²) in [5.41, 5.74) is 2.99. The van der Waals surface area contributed by atoms with Gasteiger partial charge >= 0.3 is 6.18 Å². The van der Waals surface area contributed by atoms with Crippen LogP contribution in [-0.4, -0.2) is 12.9 Å². The molecule has 3 nitrogen and oxygen atoms in total. The summed E-state index contributed by atoms with van der Waals surface area (Å²) in [5, 5.41) is 0. The third-order valence-electron chi connectivity index (χ3n) is 5.39. The molecule has 32 heavy (non-hydrogen) atoms. The molecule has 0 heterocycles. The van der Waals surface area contributed by atoms with Crippen molar-refractivity contribution in [3.8, 4) is 11.5 Å². The Kier molecular flexibility index (Phi) is 6.04. The normalized spacial score (nSPS) is 14.9. The second kappa shape index (κ2) is 8.91. The van der Waals surface area contributed by atoms with E-state index in [4.69, 9.17) is 9.47 Å². The fourth-order valence-corrected chi connectivity index (χ4v) is 3.75. The molecule has 6 heteroatoms. The molecule has 164 valence electrons. The van der Waals surface area contributed by atoms with Crippen LogP contribution in [0.15, 0.2) is 72.3 Å². The molecule has 0 unspecified atom stereocenters. The Morgan fingerprint density at radius 1 is 0.938 bits per heavy atom. The van der Waals surface area contributed by atoms with Crippen LogP contribution in [0, 0.1) is 0 Å². The zero-order chi connectivity index (χ0) is 22.7. The van der Waals surface area contributed by atoms with E-state index in [9.17, 15) is 18.0 Å². The maximum atomic E-state index is 12.9. The summed E-state index contributed by atoms with van der Waals surface area (Å²) in [4.78, 5) is 12.8. The molecule has 0 fully saturated rings. The molecule has 0 amide bonds. The molecule has 4 rings (SSSR count). The van der Waals surface area contributed by atoms with E-state index in [-0.39, 0.29) is 12.4 Å². The van der Waals surface area contributed by atoms with Gasteiger partial charge < -0.3 is 9.47 Å². The highest BCUT2D eigenvalue weighted by molar-refractivity contribution is 6.13. The highest BCUT2D eigenvalue weighted by Crippen LogP contribution is 2.33. The first-order valence-electron chi connectivity index (χ1n) is 10.2. The van der Waals surface area contributed by atoms with Gasteiger partial charge in [0.1, 0.15) is 6.61 Å².